The molecule has 4 rings (SSSR count). The molecule has 0 spiro atoms. The van der Waals surface area contributed by atoms with Crippen LogP contribution in [0.4, 0.5) is 0 Å². The van der Waals surface area contributed by atoms with Crippen molar-refractivity contribution in [3.8, 4) is 22.6 Å². The summed E-state index contributed by atoms with van der Waals surface area (Å²) in [6.07, 6.45) is 0. The summed E-state index contributed by atoms with van der Waals surface area (Å²) in [7, 11) is 1.51. The molecule has 1 N–H and O–H groups in total. The summed E-state index contributed by atoms with van der Waals surface area (Å²) in [5, 5.41) is 8.19. The van der Waals surface area contributed by atoms with Crippen LogP contribution in [-0.4, -0.2) is 22.7 Å². The number of likely N-dealkylation sites (N-methyl/N-ethyl adjacent to an activating group) is 1. The lowest BCUT2D eigenvalue weighted by Gasteiger charge is -2.08. The van der Waals surface area contributed by atoms with E-state index in [1.165, 1.54) is 7.05 Å². The maximum absolute atomic E-state index is 12.9. The minimum atomic E-state index is -0.372. The number of hydrogen-bond acceptors (Lipinski definition) is 4. The summed E-state index contributed by atoms with van der Waals surface area (Å²) in [6.45, 7) is -0.154. The molecule has 0 aliphatic carbocycles. The van der Waals surface area contributed by atoms with Crippen molar-refractivity contribution >= 4 is 28.5 Å². The fourth-order valence-electron chi connectivity index (χ4n) is 2.88. The zero-order valence-corrected chi connectivity index (χ0v) is 14.6. The van der Waals surface area contributed by atoms with Gasteiger partial charge in [-0.1, -0.05) is 23.7 Å². The van der Waals surface area contributed by atoms with Gasteiger partial charge in [0, 0.05) is 23.0 Å². The van der Waals surface area contributed by atoms with E-state index in [4.69, 9.17) is 16.0 Å². The van der Waals surface area contributed by atoms with Gasteiger partial charge < -0.3 is 9.73 Å². The van der Waals surface area contributed by atoms with Crippen molar-refractivity contribution in [1.82, 2.24) is 15.1 Å². The van der Waals surface area contributed by atoms with Gasteiger partial charge in [-0.2, -0.15) is 5.10 Å². The van der Waals surface area contributed by atoms with Crippen molar-refractivity contribution in [2.45, 2.75) is 6.54 Å². The summed E-state index contributed by atoms with van der Waals surface area (Å²) >= 11 is 5.97. The number of nitrogens with zero attached hydrogens (tertiary/aromatic N) is 2. The van der Waals surface area contributed by atoms with Crippen LogP contribution in [0.1, 0.15) is 0 Å². The van der Waals surface area contributed by atoms with E-state index in [0.29, 0.717) is 38.6 Å². The van der Waals surface area contributed by atoms with Crippen LogP contribution in [0.15, 0.2) is 57.7 Å². The molecular weight excluding hydrogens is 354 g/mol. The molecule has 0 fully saturated rings. The Balaban J connectivity index is 2.05. The smallest absolute Gasteiger partial charge is 0.280 e. The van der Waals surface area contributed by atoms with Gasteiger partial charge in [0.1, 0.15) is 29.1 Å². The second-order valence-corrected chi connectivity index (χ2v) is 6.23. The van der Waals surface area contributed by atoms with Crippen molar-refractivity contribution in [2.24, 2.45) is 0 Å². The minimum Gasteiger partial charge on any atom is -0.455 e. The number of para-hydroxylation sites is 1. The highest BCUT2D eigenvalue weighted by molar-refractivity contribution is 6.30. The Morgan fingerprint density at radius 3 is 2.65 bits per heavy atom. The van der Waals surface area contributed by atoms with Crippen molar-refractivity contribution in [3.63, 3.8) is 0 Å². The number of fused-ring (bicyclic) bond motifs is 3. The van der Waals surface area contributed by atoms with E-state index >= 15 is 0 Å². The molecule has 0 saturated heterocycles. The molecule has 0 radical (unpaired) electrons. The number of rotatable bonds is 3. The molecule has 2 aliphatic heterocycles. The molecule has 6 nitrogen and oxygen atoms in total. The van der Waals surface area contributed by atoms with E-state index in [-0.39, 0.29) is 18.0 Å². The molecule has 0 atom stereocenters. The first-order chi connectivity index (χ1) is 12.6. The van der Waals surface area contributed by atoms with Crippen LogP contribution in [0.2, 0.25) is 5.02 Å². The molecule has 130 valence electrons. The molecule has 0 unspecified atom stereocenters. The highest BCUT2D eigenvalue weighted by Gasteiger charge is 2.26. The third-order valence-corrected chi connectivity index (χ3v) is 4.42. The van der Waals surface area contributed by atoms with Crippen molar-refractivity contribution < 1.29 is 9.21 Å². The maximum Gasteiger partial charge on any atom is 0.280 e. The van der Waals surface area contributed by atoms with Crippen LogP contribution in [-0.2, 0) is 11.3 Å². The molecule has 7 heteroatoms. The maximum atomic E-state index is 12.9. The second-order valence-electron chi connectivity index (χ2n) is 5.79. The molecule has 2 heterocycles. The standard InChI is InChI=1S/C19H14ClN3O3/c1-21-15(24)10-23-19(25)16-17(22-23)13-4-2-3-5-14(13)26-18(16)11-6-8-12(20)9-7-11/h2-9H,10H2,1H3,(H,21,24). The van der Waals surface area contributed by atoms with E-state index in [2.05, 4.69) is 10.4 Å². The molecule has 1 amide bonds. The van der Waals surface area contributed by atoms with Crippen LogP contribution in [0, 0.1) is 0 Å². The SMILES string of the molecule is CNC(=O)Cn1nc2c3ccccc3oc(-c3ccc(Cl)cc3)c-2c1=O. The van der Waals surface area contributed by atoms with Crippen LogP contribution in [0.25, 0.3) is 33.6 Å². The van der Waals surface area contributed by atoms with Gasteiger partial charge in [0.15, 0.2) is 0 Å². The van der Waals surface area contributed by atoms with Crippen molar-refractivity contribution in [3.05, 3.63) is 63.9 Å². The van der Waals surface area contributed by atoms with Crippen molar-refractivity contribution in [1.29, 1.82) is 0 Å². The first-order valence-corrected chi connectivity index (χ1v) is 8.35. The number of benzene rings is 2. The lowest BCUT2D eigenvalue weighted by atomic mass is 10.0. The highest BCUT2D eigenvalue weighted by atomic mass is 35.5. The van der Waals surface area contributed by atoms with E-state index in [1.54, 1.807) is 24.3 Å². The topological polar surface area (TPSA) is 77.1 Å². The average Bonchev–Trinajstić information content (AvgIpc) is 2.98. The first-order valence-electron chi connectivity index (χ1n) is 7.97. The van der Waals surface area contributed by atoms with Crippen LogP contribution >= 0.6 is 11.6 Å². The summed E-state index contributed by atoms with van der Waals surface area (Å²) in [6, 6.07) is 14.4. The number of carbonyl (C=O) groups is 1. The van der Waals surface area contributed by atoms with Crippen LogP contribution in [0.5, 0.6) is 0 Å². The molecule has 0 saturated carbocycles. The minimum absolute atomic E-state index is 0.154. The second kappa shape index (κ2) is 6.31. The number of nitrogens with one attached hydrogen (secondary N) is 1. The highest BCUT2D eigenvalue weighted by Crippen LogP contribution is 2.36. The molecule has 2 aromatic carbocycles. The van der Waals surface area contributed by atoms with Gasteiger partial charge in [0.05, 0.1) is 0 Å². The van der Waals surface area contributed by atoms with Gasteiger partial charge in [-0.15, -0.1) is 0 Å². The van der Waals surface area contributed by atoms with E-state index < -0.39 is 0 Å². The number of amides is 1. The monoisotopic (exact) mass is 367 g/mol. The Hall–Kier alpha value is -3.12. The first kappa shape index (κ1) is 16.4. The fraction of sp³-hybridized carbons (Fsp3) is 0.105. The van der Waals surface area contributed by atoms with E-state index in [1.807, 2.05) is 24.3 Å². The number of hydrogen-bond donors (Lipinski definition) is 1. The Bertz CT molecular complexity index is 1150. The predicted molar refractivity (Wildman–Crippen MR) is 99.4 cm³/mol. The lowest BCUT2D eigenvalue weighted by molar-refractivity contribution is -0.121. The number of carbonyl (C=O) groups excluding carboxylic acids is 1. The molecular formula is C19H14ClN3O3. The zero-order valence-electron chi connectivity index (χ0n) is 13.8. The fourth-order valence-corrected chi connectivity index (χ4v) is 3.00. The quantitative estimate of drug-likeness (QED) is 0.603. The van der Waals surface area contributed by atoms with Crippen LogP contribution in [0.3, 0.4) is 0 Å². The third kappa shape index (κ3) is 2.64. The average molecular weight is 368 g/mol. The lowest BCUT2D eigenvalue weighted by Crippen LogP contribution is -2.29. The summed E-state index contributed by atoms with van der Waals surface area (Å²) in [5.74, 6) is 0.104. The normalized spacial score (nSPS) is 11.2. The van der Waals surface area contributed by atoms with Gasteiger partial charge in [-0.05, 0) is 36.4 Å². The van der Waals surface area contributed by atoms with Crippen molar-refractivity contribution in [2.75, 3.05) is 7.05 Å². The Labute approximate surface area is 153 Å². The van der Waals surface area contributed by atoms with Gasteiger partial charge in [0.25, 0.3) is 5.56 Å². The van der Waals surface area contributed by atoms with Crippen LogP contribution < -0.4 is 10.9 Å². The number of halogens is 1. The summed E-state index contributed by atoms with van der Waals surface area (Å²) < 4.78 is 7.19. The third-order valence-electron chi connectivity index (χ3n) is 4.17. The molecule has 26 heavy (non-hydrogen) atoms. The largest absolute Gasteiger partial charge is 0.455 e. The summed E-state index contributed by atoms with van der Waals surface area (Å²) in [4.78, 5) is 24.6. The molecule has 0 aromatic heterocycles. The van der Waals surface area contributed by atoms with Gasteiger partial charge in [0.2, 0.25) is 5.91 Å². The Morgan fingerprint density at radius 1 is 1.19 bits per heavy atom. The Morgan fingerprint density at radius 2 is 1.92 bits per heavy atom. The van der Waals surface area contributed by atoms with E-state index in [0.717, 1.165) is 4.68 Å². The summed E-state index contributed by atoms with van der Waals surface area (Å²) in [5.41, 5.74) is 1.79. The van der Waals surface area contributed by atoms with Gasteiger partial charge in [-0.3, -0.25) is 9.59 Å². The zero-order chi connectivity index (χ0) is 18.3. The van der Waals surface area contributed by atoms with Gasteiger partial charge >= 0.3 is 0 Å². The Kier molecular flexibility index (Phi) is 3.97. The van der Waals surface area contributed by atoms with Gasteiger partial charge in [-0.25, -0.2) is 4.68 Å². The molecule has 2 aromatic rings. The number of aromatic nitrogens is 2. The predicted octanol–water partition coefficient (Wildman–Crippen LogP) is 3.16. The molecule has 2 aliphatic rings. The molecule has 0 bridgehead atoms. The van der Waals surface area contributed by atoms with E-state index in [9.17, 15) is 9.59 Å².